The van der Waals surface area contributed by atoms with Crippen LogP contribution >= 0.6 is 0 Å². The summed E-state index contributed by atoms with van der Waals surface area (Å²) in [5.74, 6) is 0. The van der Waals surface area contributed by atoms with Crippen LogP contribution in [0.15, 0.2) is 104 Å². The van der Waals surface area contributed by atoms with E-state index in [9.17, 15) is 4.79 Å². The second-order valence-electron chi connectivity index (χ2n) is 12.8. The van der Waals surface area contributed by atoms with Crippen molar-refractivity contribution in [3.63, 3.8) is 0 Å². The zero-order valence-electron chi connectivity index (χ0n) is 27.3. The van der Waals surface area contributed by atoms with Crippen LogP contribution < -0.4 is 5.32 Å². The molecule has 5 rings (SSSR count). The van der Waals surface area contributed by atoms with E-state index in [0.717, 1.165) is 68.9 Å². The summed E-state index contributed by atoms with van der Waals surface area (Å²) >= 11 is 0. The summed E-state index contributed by atoms with van der Waals surface area (Å²) in [6, 6.07) is 26.3. The Morgan fingerprint density at radius 1 is 0.783 bits per heavy atom. The molecule has 0 unspecified atom stereocenters. The Bertz CT molecular complexity index is 1400. The van der Waals surface area contributed by atoms with Crippen LogP contribution in [0.5, 0.6) is 0 Å². The molecular formula is C39H49N5O2. The highest BCUT2D eigenvalue weighted by atomic mass is 16.6. The number of hydrogen-bond donors (Lipinski definition) is 1. The third-order valence-electron chi connectivity index (χ3n) is 8.96. The van der Waals surface area contributed by atoms with E-state index in [4.69, 9.17) is 4.74 Å². The molecule has 1 amide bonds. The van der Waals surface area contributed by atoms with Crippen LogP contribution in [0.3, 0.4) is 0 Å². The lowest BCUT2D eigenvalue weighted by Crippen LogP contribution is -2.46. The molecule has 2 aromatic carbocycles. The van der Waals surface area contributed by atoms with Crippen molar-refractivity contribution in [2.45, 2.75) is 77.0 Å². The van der Waals surface area contributed by atoms with Crippen molar-refractivity contribution in [3.05, 3.63) is 115 Å². The van der Waals surface area contributed by atoms with Crippen molar-refractivity contribution in [1.82, 2.24) is 19.8 Å². The monoisotopic (exact) mass is 619 g/mol. The number of nitrogens with one attached hydrogen (secondary N) is 1. The second-order valence-corrected chi connectivity index (χ2v) is 12.8. The van der Waals surface area contributed by atoms with E-state index in [1.165, 1.54) is 49.7 Å². The molecule has 7 nitrogen and oxygen atoms in total. The molecule has 3 heterocycles. The molecule has 46 heavy (non-hydrogen) atoms. The van der Waals surface area contributed by atoms with E-state index in [1.807, 2.05) is 91.5 Å². The van der Waals surface area contributed by atoms with Gasteiger partial charge in [0.2, 0.25) is 0 Å². The molecule has 2 aromatic heterocycles. The second kappa shape index (κ2) is 17.6. The number of piperidine rings is 1. The highest BCUT2D eigenvalue weighted by Gasteiger charge is 2.33. The minimum atomic E-state index is -0.440. The third-order valence-corrected chi connectivity index (χ3v) is 8.96. The predicted molar refractivity (Wildman–Crippen MR) is 186 cm³/mol. The molecule has 7 heteroatoms. The maximum atomic E-state index is 12.9. The van der Waals surface area contributed by atoms with E-state index in [2.05, 4.69) is 44.1 Å². The maximum absolute atomic E-state index is 12.9. The minimum absolute atomic E-state index is 0.378. The van der Waals surface area contributed by atoms with Gasteiger partial charge in [-0.05, 0) is 80.6 Å². The van der Waals surface area contributed by atoms with Gasteiger partial charge in [0, 0.05) is 56.5 Å². The first-order valence-electron chi connectivity index (χ1n) is 16.9. The fourth-order valence-corrected chi connectivity index (χ4v) is 6.26. The van der Waals surface area contributed by atoms with Gasteiger partial charge in [-0.2, -0.15) is 0 Å². The number of anilines is 1. The van der Waals surface area contributed by atoms with Crippen molar-refractivity contribution in [2.75, 3.05) is 31.5 Å². The lowest BCUT2D eigenvalue weighted by Gasteiger charge is -2.38. The lowest BCUT2D eigenvalue weighted by atomic mass is 9.93. The third kappa shape index (κ3) is 10.8. The smallest absolute Gasteiger partial charge is 0.412 e. The van der Waals surface area contributed by atoms with Crippen molar-refractivity contribution in [2.24, 2.45) is 0 Å². The number of carbonyl (C=O) groups is 1. The molecule has 242 valence electrons. The van der Waals surface area contributed by atoms with Gasteiger partial charge >= 0.3 is 6.09 Å². The molecule has 1 N–H and O–H groups in total. The Balaban J connectivity index is 0.950. The number of amides is 1. The van der Waals surface area contributed by atoms with E-state index >= 15 is 0 Å². The standard InChI is InChI=1S/C39H49N5O2/c1-39(46-38(45)42-37-20-10-9-19-36(37)35-17-7-6-8-18-35)21-27-43(28-22-39)25-11-4-2-3-5-12-26-44(31-33-15-13-23-40-29-33)32-34-16-14-24-41-30-34/h6-10,13-20,23-24,29-30H,2-5,11-12,21-22,25-28,31-32H2,1H3,(H,42,45). The van der Waals surface area contributed by atoms with E-state index in [0.29, 0.717) is 0 Å². The van der Waals surface area contributed by atoms with Crippen molar-refractivity contribution >= 4 is 11.8 Å². The summed E-state index contributed by atoms with van der Waals surface area (Å²) in [5, 5.41) is 3.00. The lowest BCUT2D eigenvalue weighted by molar-refractivity contribution is -0.0163. The number of carbonyl (C=O) groups excluding carboxylic acids is 1. The number of aromatic nitrogens is 2. The molecule has 0 saturated carbocycles. The summed E-state index contributed by atoms with van der Waals surface area (Å²) < 4.78 is 6.00. The number of para-hydroxylation sites is 1. The summed E-state index contributed by atoms with van der Waals surface area (Å²) in [7, 11) is 0. The number of pyridine rings is 2. The van der Waals surface area contributed by atoms with Gasteiger partial charge in [0.25, 0.3) is 0 Å². The SMILES string of the molecule is CC1(OC(=O)Nc2ccccc2-c2ccccc2)CCN(CCCCCCCCN(Cc2cccnc2)Cc2cccnc2)CC1. The first kappa shape index (κ1) is 33.3. The van der Waals surface area contributed by atoms with Crippen molar-refractivity contribution < 1.29 is 9.53 Å². The highest BCUT2D eigenvalue weighted by Crippen LogP contribution is 2.30. The van der Waals surface area contributed by atoms with Crippen LogP contribution in [-0.2, 0) is 17.8 Å². The summed E-state index contributed by atoms with van der Waals surface area (Å²) in [5.41, 5.74) is 4.89. The average molecular weight is 620 g/mol. The largest absolute Gasteiger partial charge is 0.443 e. The minimum Gasteiger partial charge on any atom is -0.443 e. The number of hydrogen-bond acceptors (Lipinski definition) is 6. The summed E-state index contributed by atoms with van der Waals surface area (Å²) in [4.78, 5) is 26.5. The van der Waals surface area contributed by atoms with E-state index in [-0.39, 0.29) is 6.09 Å². The van der Waals surface area contributed by atoms with Gasteiger partial charge in [-0.3, -0.25) is 20.2 Å². The normalized spacial score (nSPS) is 14.7. The molecule has 1 aliphatic heterocycles. The predicted octanol–water partition coefficient (Wildman–Crippen LogP) is 8.59. The zero-order chi connectivity index (χ0) is 31.9. The summed E-state index contributed by atoms with van der Waals surface area (Å²) in [6.07, 6.45) is 16.5. The molecule has 4 aromatic rings. The molecule has 0 spiro atoms. The van der Waals surface area contributed by atoms with Gasteiger partial charge in [-0.25, -0.2) is 4.79 Å². The molecule has 1 fully saturated rings. The molecule has 0 radical (unpaired) electrons. The molecular weight excluding hydrogens is 570 g/mol. The van der Waals surface area contributed by atoms with Crippen LogP contribution in [0.4, 0.5) is 10.5 Å². The molecule has 1 saturated heterocycles. The highest BCUT2D eigenvalue weighted by molar-refractivity contribution is 5.91. The van der Waals surface area contributed by atoms with Crippen LogP contribution in [0.25, 0.3) is 11.1 Å². The van der Waals surface area contributed by atoms with Gasteiger partial charge < -0.3 is 9.64 Å². The Hall–Kier alpha value is -4.07. The van der Waals surface area contributed by atoms with Crippen LogP contribution in [-0.4, -0.2) is 57.6 Å². The number of likely N-dealkylation sites (tertiary alicyclic amines) is 1. The summed E-state index contributed by atoms with van der Waals surface area (Å²) in [6.45, 7) is 8.03. The quantitative estimate of drug-likeness (QED) is 0.127. The fraction of sp³-hybridized carbons (Fsp3) is 0.410. The van der Waals surface area contributed by atoms with Crippen LogP contribution in [0.1, 0.15) is 69.4 Å². The van der Waals surface area contributed by atoms with Gasteiger partial charge in [-0.15, -0.1) is 0 Å². The molecule has 1 aliphatic rings. The van der Waals surface area contributed by atoms with Crippen molar-refractivity contribution in [3.8, 4) is 11.1 Å². The Kier molecular flexibility index (Phi) is 12.7. The topological polar surface area (TPSA) is 70.6 Å². The maximum Gasteiger partial charge on any atom is 0.412 e. The number of benzene rings is 2. The zero-order valence-corrected chi connectivity index (χ0v) is 27.3. The van der Waals surface area contributed by atoms with Crippen molar-refractivity contribution in [1.29, 1.82) is 0 Å². The number of nitrogens with zero attached hydrogens (tertiary/aromatic N) is 4. The molecule has 0 bridgehead atoms. The number of rotatable bonds is 16. The Labute approximate surface area is 275 Å². The van der Waals surface area contributed by atoms with Crippen LogP contribution in [0.2, 0.25) is 0 Å². The van der Waals surface area contributed by atoms with E-state index < -0.39 is 5.60 Å². The van der Waals surface area contributed by atoms with Gasteiger partial charge in [0.1, 0.15) is 5.60 Å². The first-order chi connectivity index (χ1) is 22.6. The first-order valence-corrected chi connectivity index (χ1v) is 16.9. The van der Waals surface area contributed by atoms with Gasteiger partial charge in [-0.1, -0.05) is 86.3 Å². The van der Waals surface area contributed by atoms with Gasteiger partial charge in [0.05, 0.1) is 5.69 Å². The van der Waals surface area contributed by atoms with Crippen LogP contribution in [0, 0.1) is 0 Å². The molecule has 0 aliphatic carbocycles. The average Bonchev–Trinajstić information content (AvgIpc) is 3.08. The number of ether oxygens (including phenoxy) is 1. The Morgan fingerprint density at radius 3 is 2.04 bits per heavy atom. The fourth-order valence-electron chi connectivity index (χ4n) is 6.26. The van der Waals surface area contributed by atoms with Gasteiger partial charge in [0.15, 0.2) is 0 Å². The number of unbranched alkanes of at least 4 members (excludes halogenated alkanes) is 5. The van der Waals surface area contributed by atoms with E-state index in [1.54, 1.807) is 0 Å². The Morgan fingerprint density at radius 2 is 1.39 bits per heavy atom. The molecule has 0 atom stereocenters.